The van der Waals surface area contributed by atoms with E-state index in [1.807, 2.05) is 85.8 Å². The Labute approximate surface area is 148 Å². The van der Waals surface area contributed by atoms with Crippen LogP contribution in [0.2, 0.25) is 0 Å². The van der Waals surface area contributed by atoms with Crippen molar-refractivity contribution in [2.75, 3.05) is 13.7 Å². The van der Waals surface area contributed by atoms with E-state index in [4.69, 9.17) is 9.47 Å². The lowest BCUT2D eigenvalue weighted by Crippen LogP contribution is -2.28. The van der Waals surface area contributed by atoms with E-state index < -0.39 is 5.60 Å². The van der Waals surface area contributed by atoms with Crippen LogP contribution in [0.3, 0.4) is 0 Å². The summed E-state index contributed by atoms with van der Waals surface area (Å²) in [7, 11) is 1.63. The standard InChI is InChI=1S/C22H22O3/c1-3-25-21-15-11-19(12-16-21)22(23,17-7-5-4-6-8-17)18-9-13-20(24-2)14-10-18/h4-16,23H,3H2,1-2H3. The van der Waals surface area contributed by atoms with Gasteiger partial charge in [0, 0.05) is 0 Å². The Bertz CT molecular complexity index is 795. The number of hydrogen-bond donors (Lipinski definition) is 1. The predicted molar refractivity (Wildman–Crippen MR) is 99.1 cm³/mol. The molecule has 3 rings (SSSR count). The van der Waals surface area contributed by atoms with Crippen LogP contribution in [0.1, 0.15) is 23.6 Å². The monoisotopic (exact) mass is 334 g/mol. The molecule has 0 aliphatic heterocycles. The zero-order valence-electron chi connectivity index (χ0n) is 14.5. The minimum Gasteiger partial charge on any atom is -0.497 e. The van der Waals surface area contributed by atoms with Crippen LogP contribution < -0.4 is 9.47 Å². The van der Waals surface area contributed by atoms with Crippen molar-refractivity contribution in [3.05, 3.63) is 95.6 Å². The molecule has 3 aromatic carbocycles. The highest BCUT2D eigenvalue weighted by molar-refractivity contribution is 5.49. The largest absolute Gasteiger partial charge is 0.497 e. The second-order valence-electron chi connectivity index (χ2n) is 5.76. The first-order valence-electron chi connectivity index (χ1n) is 8.34. The van der Waals surface area contributed by atoms with Gasteiger partial charge < -0.3 is 14.6 Å². The average molecular weight is 334 g/mol. The third-order valence-electron chi connectivity index (χ3n) is 4.28. The van der Waals surface area contributed by atoms with Crippen LogP contribution >= 0.6 is 0 Å². The molecule has 0 amide bonds. The third-order valence-corrected chi connectivity index (χ3v) is 4.28. The Hall–Kier alpha value is -2.78. The molecule has 0 spiro atoms. The van der Waals surface area contributed by atoms with Crippen molar-refractivity contribution in [1.82, 2.24) is 0 Å². The van der Waals surface area contributed by atoms with Crippen LogP contribution in [0.5, 0.6) is 11.5 Å². The highest BCUT2D eigenvalue weighted by atomic mass is 16.5. The van der Waals surface area contributed by atoms with Gasteiger partial charge >= 0.3 is 0 Å². The van der Waals surface area contributed by atoms with E-state index in [0.717, 1.165) is 28.2 Å². The van der Waals surface area contributed by atoms with Crippen LogP contribution in [-0.2, 0) is 5.60 Å². The van der Waals surface area contributed by atoms with E-state index in [1.54, 1.807) is 7.11 Å². The normalized spacial score (nSPS) is 13.1. The topological polar surface area (TPSA) is 38.7 Å². The zero-order chi connectivity index (χ0) is 17.7. The predicted octanol–water partition coefficient (Wildman–Crippen LogP) is 4.38. The first kappa shape index (κ1) is 17.1. The van der Waals surface area contributed by atoms with Crippen LogP contribution in [-0.4, -0.2) is 18.8 Å². The summed E-state index contributed by atoms with van der Waals surface area (Å²) in [6.45, 7) is 2.56. The summed E-state index contributed by atoms with van der Waals surface area (Å²) in [5, 5.41) is 11.7. The maximum atomic E-state index is 11.7. The summed E-state index contributed by atoms with van der Waals surface area (Å²) in [5.41, 5.74) is 1.12. The first-order chi connectivity index (χ1) is 12.2. The Kier molecular flexibility index (Phi) is 5.05. The first-order valence-corrected chi connectivity index (χ1v) is 8.34. The number of benzene rings is 3. The molecule has 0 saturated heterocycles. The van der Waals surface area contributed by atoms with Gasteiger partial charge in [0.15, 0.2) is 0 Å². The number of hydrogen-bond acceptors (Lipinski definition) is 3. The quantitative estimate of drug-likeness (QED) is 0.680. The van der Waals surface area contributed by atoms with Crippen molar-refractivity contribution < 1.29 is 14.6 Å². The maximum Gasteiger partial charge on any atom is 0.140 e. The fourth-order valence-electron chi connectivity index (χ4n) is 2.97. The molecule has 25 heavy (non-hydrogen) atoms. The van der Waals surface area contributed by atoms with Crippen molar-refractivity contribution in [3.8, 4) is 11.5 Å². The van der Waals surface area contributed by atoms with Gasteiger partial charge in [-0.15, -0.1) is 0 Å². The summed E-state index contributed by atoms with van der Waals surface area (Å²) in [4.78, 5) is 0. The lowest BCUT2D eigenvalue weighted by atomic mass is 9.80. The molecule has 0 saturated carbocycles. The van der Waals surface area contributed by atoms with Crippen molar-refractivity contribution in [2.45, 2.75) is 12.5 Å². The minimum absolute atomic E-state index is 0.612. The molecule has 0 fully saturated rings. The summed E-state index contributed by atoms with van der Waals surface area (Å²) in [6, 6.07) is 24.7. The zero-order valence-corrected chi connectivity index (χ0v) is 14.5. The lowest BCUT2D eigenvalue weighted by molar-refractivity contribution is 0.125. The van der Waals surface area contributed by atoms with Gasteiger partial charge in [0.05, 0.1) is 13.7 Å². The maximum absolute atomic E-state index is 11.7. The number of methoxy groups -OCH3 is 1. The molecule has 1 unspecified atom stereocenters. The van der Waals surface area contributed by atoms with Crippen LogP contribution in [0.4, 0.5) is 0 Å². The Balaban J connectivity index is 2.11. The highest BCUT2D eigenvalue weighted by Gasteiger charge is 2.33. The van der Waals surface area contributed by atoms with Gasteiger partial charge in [-0.25, -0.2) is 0 Å². The molecule has 1 N–H and O–H groups in total. The molecule has 3 nitrogen and oxygen atoms in total. The molecule has 128 valence electrons. The lowest BCUT2D eigenvalue weighted by Gasteiger charge is -2.30. The van der Waals surface area contributed by atoms with Crippen LogP contribution in [0.25, 0.3) is 0 Å². The summed E-state index contributed by atoms with van der Waals surface area (Å²) >= 11 is 0. The molecule has 0 aliphatic rings. The molecule has 0 heterocycles. The van der Waals surface area contributed by atoms with Crippen molar-refractivity contribution in [2.24, 2.45) is 0 Å². The SMILES string of the molecule is CCOc1ccc(C(O)(c2ccccc2)c2ccc(OC)cc2)cc1. The van der Waals surface area contributed by atoms with E-state index in [2.05, 4.69) is 0 Å². The van der Waals surface area contributed by atoms with E-state index in [-0.39, 0.29) is 0 Å². The van der Waals surface area contributed by atoms with Crippen molar-refractivity contribution in [3.63, 3.8) is 0 Å². The minimum atomic E-state index is -1.25. The molecule has 3 heteroatoms. The highest BCUT2D eigenvalue weighted by Crippen LogP contribution is 2.37. The Morgan fingerprint density at radius 2 is 1.20 bits per heavy atom. The second kappa shape index (κ2) is 7.41. The van der Waals surface area contributed by atoms with E-state index in [0.29, 0.717) is 6.61 Å². The molecule has 0 aromatic heterocycles. The van der Waals surface area contributed by atoms with Gasteiger partial charge in [-0.1, -0.05) is 54.6 Å². The summed E-state index contributed by atoms with van der Waals surface area (Å²) < 4.78 is 10.8. The fourth-order valence-corrected chi connectivity index (χ4v) is 2.97. The Morgan fingerprint density at radius 3 is 1.68 bits per heavy atom. The summed E-state index contributed by atoms with van der Waals surface area (Å²) in [5.74, 6) is 1.54. The van der Waals surface area contributed by atoms with Gasteiger partial charge in [-0.3, -0.25) is 0 Å². The van der Waals surface area contributed by atoms with Crippen molar-refractivity contribution in [1.29, 1.82) is 0 Å². The second-order valence-corrected chi connectivity index (χ2v) is 5.76. The van der Waals surface area contributed by atoms with E-state index in [1.165, 1.54) is 0 Å². The molecule has 3 aromatic rings. The average Bonchev–Trinajstić information content (AvgIpc) is 2.69. The van der Waals surface area contributed by atoms with E-state index in [9.17, 15) is 5.11 Å². The van der Waals surface area contributed by atoms with Gasteiger partial charge in [-0.2, -0.15) is 0 Å². The third kappa shape index (κ3) is 3.37. The number of aliphatic hydroxyl groups is 1. The van der Waals surface area contributed by atoms with Crippen LogP contribution in [0, 0.1) is 0 Å². The van der Waals surface area contributed by atoms with Gasteiger partial charge in [0.2, 0.25) is 0 Å². The van der Waals surface area contributed by atoms with Crippen LogP contribution in [0.15, 0.2) is 78.9 Å². The van der Waals surface area contributed by atoms with Crippen molar-refractivity contribution >= 4 is 0 Å². The molecule has 1 atom stereocenters. The molecule has 0 radical (unpaired) electrons. The molecular weight excluding hydrogens is 312 g/mol. The smallest absolute Gasteiger partial charge is 0.140 e. The molecular formula is C22H22O3. The van der Waals surface area contributed by atoms with Gasteiger partial charge in [-0.05, 0) is 47.9 Å². The van der Waals surface area contributed by atoms with Gasteiger partial charge in [0.25, 0.3) is 0 Å². The number of rotatable bonds is 6. The number of ether oxygens (including phenoxy) is 2. The molecule has 0 bridgehead atoms. The fraction of sp³-hybridized carbons (Fsp3) is 0.182. The van der Waals surface area contributed by atoms with Gasteiger partial charge in [0.1, 0.15) is 17.1 Å². The molecule has 0 aliphatic carbocycles. The summed E-state index contributed by atoms with van der Waals surface area (Å²) in [6.07, 6.45) is 0. The van der Waals surface area contributed by atoms with E-state index >= 15 is 0 Å². The Morgan fingerprint density at radius 1 is 0.720 bits per heavy atom.